The number of aryl methyl sites for hydroxylation is 1. The Morgan fingerprint density at radius 3 is 2.60 bits per heavy atom. The number of nitrogens with zero attached hydrogens (tertiary/aromatic N) is 7. The number of hydrogen-bond donors (Lipinski definition) is 0. The summed E-state index contributed by atoms with van der Waals surface area (Å²) in [7, 11) is 0. The molecule has 1 amide bonds. The van der Waals surface area contributed by atoms with Gasteiger partial charge in [-0.15, -0.1) is 0 Å². The maximum absolute atomic E-state index is 14.6. The molecule has 0 radical (unpaired) electrons. The number of amides is 1. The fourth-order valence-corrected chi connectivity index (χ4v) is 8.39. The van der Waals surface area contributed by atoms with Crippen LogP contribution in [-0.2, 0) is 21.7 Å². The highest BCUT2D eigenvalue weighted by molar-refractivity contribution is 5.76. The predicted molar refractivity (Wildman–Crippen MR) is 177 cm³/mol. The van der Waals surface area contributed by atoms with Crippen molar-refractivity contribution in [3.63, 3.8) is 0 Å². The molecule has 12 heteroatoms. The third-order valence-corrected chi connectivity index (χ3v) is 10.9. The van der Waals surface area contributed by atoms with E-state index in [0.29, 0.717) is 37.6 Å². The molecule has 10 nitrogen and oxygen atoms in total. The van der Waals surface area contributed by atoms with Gasteiger partial charge in [0.2, 0.25) is 0 Å². The third kappa shape index (κ3) is 5.38. The van der Waals surface area contributed by atoms with Crippen LogP contribution < -0.4 is 9.80 Å². The number of hydrogen-bond acceptors (Lipinski definition) is 9. The van der Waals surface area contributed by atoms with E-state index in [-0.39, 0.29) is 36.6 Å². The van der Waals surface area contributed by atoms with Crippen molar-refractivity contribution >= 4 is 23.7 Å². The molecule has 2 aromatic heterocycles. The molecule has 7 heterocycles. The van der Waals surface area contributed by atoms with Gasteiger partial charge in [-0.25, -0.2) is 18.6 Å². The molecule has 3 fully saturated rings. The third-order valence-electron chi connectivity index (χ3n) is 10.9. The number of rotatable bonds is 5. The lowest BCUT2D eigenvalue weighted by molar-refractivity contribution is -0.0851. The molecule has 5 aliphatic rings. The number of aromatic nitrogens is 3. The lowest BCUT2D eigenvalue weighted by Gasteiger charge is -2.55. The van der Waals surface area contributed by atoms with Gasteiger partial charge in [-0.3, -0.25) is 4.90 Å². The molecule has 3 saturated heterocycles. The molecule has 5 aliphatic heterocycles. The maximum Gasteiger partial charge on any atom is 0.410 e. The molecule has 0 saturated carbocycles. The molecule has 3 atom stereocenters. The standard InChI is InChI=1S/C36H41F2N7O3/c1-23-20-39-41-32-24(2)48-36(31(23)32)11-13-43(14-12-36)30-19-28-26(33(40-30)34(37)38)9-6-10-27-29(21-45(27)28)42-15-17-44(18-16-42)35(46)47-22-25-7-4-3-5-8-25/h3-9,19-20,24,27,29,34H,10-18,21-22H2,1-2H3/t24?,27-,29+/m0/s1. The summed E-state index contributed by atoms with van der Waals surface area (Å²) in [6.45, 7) is 9.06. The van der Waals surface area contributed by atoms with Crippen molar-refractivity contribution < 1.29 is 23.0 Å². The Hall–Kier alpha value is -4.16. The summed E-state index contributed by atoms with van der Waals surface area (Å²) in [5.41, 5.74) is 4.83. The molecular weight excluding hydrogens is 616 g/mol. The number of piperidine rings is 1. The topological polar surface area (TPSA) is 87.2 Å². The zero-order valence-electron chi connectivity index (χ0n) is 27.4. The van der Waals surface area contributed by atoms with Gasteiger partial charge in [0.05, 0.1) is 23.2 Å². The van der Waals surface area contributed by atoms with Crippen LogP contribution in [0.25, 0.3) is 6.08 Å². The van der Waals surface area contributed by atoms with Crippen molar-refractivity contribution in [3.8, 4) is 0 Å². The zero-order valence-corrected chi connectivity index (χ0v) is 27.4. The minimum Gasteiger partial charge on any atom is -0.445 e. The lowest BCUT2D eigenvalue weighted by Crippen LogP contribution is -2.69. The second-order valence-corrected chi connectivity index (χ2v) is 13.6. The van der Waals surface area contributed by atoms with E-state index in [9.17, 15) is 13.6 Å². The summed E-state index contributed by atoms with van der Waals surface area (Å²) in [6.07, 6.45) is 4.76. The summed E-state index contributed by atoms with van der Waals surface area (Å²) in [5.74, 6) is 0.592. The van der Waals surface area contributed by atoms with Gasteiger partial charge in [0.15, 0.2) is 0 Å². The fourth-order valence-electron chi connectivity index (χ4n) is 8.39. The Labute approximate surface area is 279 Å². The SMILES string of the molecule is Cc1cnnc2c1C1(CCN(c3cc4c(c(C(F)F)n3)C=CC[C@H]3[C@H](N5CCN(C(=O)OCc6ccccc6)CC5)CN43)CC1)OC2C. The van der Waals surface area contributed by atoms with Crippen LogP contribution in [-0.4, -0.2) is 89.0 Å². The Balaban J connectivity index is 0.950. The molecule has 48 heavy (non-hydrogen) atoms. The Kier molecular flexibility index (Phi) is 8.03. The highest BCUT2D eigenvalue weighted by Gasteiger charge is 2.49. The predicted octanol–water partition coefficient (Wildman–Crippen LogP) is 5.63. The van der Waals surface area contributed by atoms with E-state index in [1.54, 1.807) is 11.1 Å². The Morgan fingerprint density at radius 1 is 1.08 bits per heavy atom. The molecule has 1 spiro atoms. The molecule has 0 bridgehead atoms. The number of anilines is 2. The first-order chi connectivity index (χ1) is 23.3. The van der Waals surface area contributed by atoms with Crippen molar-refractivity contribution in [2.75, 3.05) is 55.6 Å². The van der Waals surface area contributed by atoms with Gasteiger partial charge in [-0.1, -0.05) is 42.5 Å². The molecule has 252 valence electrons. The molecule has 0 aliphatic carbocycles. The van der Waals surface area contributed by atoms with Crippen molar-refractivity contribution in [2.24, 2.45) is 0 Å². The maximum atomic E-state index is 14.6. The molecule has 3 aromatic rings. The number of carbonyl (C=O) groups excluding carboxylic acids is 1. The smallest absolute Gasteiger partial charge is 0.410 e. The summed E-state index contributed by atoms with van der Waals surface area (Å²) < 4.78 is 41.2. The van der Waals surface area contributed by atoms with E-state index in [1.165, 1.54) is 0 Å². The quantitative estimate of drug-likeness (QED) is 0.347. The van der Waals surface area contributed by atoms with E-state index in [0.717, 1.165) is 67.0 Å². The zero-order chi connectivity index (χ0) is 33.0. The summed E-state index contributed by atoms with van der Waals surface area (Å²) in [6, 6.07) is 12.1. The van der Waals surface area contributed by atoms with Gasteiger partial charge >= 0.3 is 6.09 Å². The van der Waals surface area contributed by atoms with Gasteiger partial charge in [0, 0.05) is 75.1 Å². The minimum absolute atomic E-state index is 0.130. The highest BCUT2D eigenvalue weighted by Crippen LogP contribution is 2.50. The molecular formula is C36H41F2N7O3. The van der Waals surface area contributed by atoms with Crippen LogP contribution in [0.4, 0.5) is 25.1 Å². The molecule has 0 N–H and O–H groups in total. The number of halogens is 2. The van der Waals surface area contributed by atoms with E-state index in [2.05, 4.69) is 36.8 Å². The Morgan fingerprint density at radius 2 is 1.85 bits per heavy atom. The van der Waals surface area contributed by atoms with Crippen LogP contribution in [0.2, 0.25) is 0 Å². The van der Waals surface area contributed by atoms with Crippen molar-refractivity contribution in [1.82, 2.24) is 25.0 Å². The van der Waals surface area contributed by atoms with Crippen molar-refractivity contribution in [2.45, 2.75) is 69.9 Å². The summed E-state index contributed by atoms with van der Waals surface area (Å²) in [4.78, 5) is 25.9. The first kappa shape index (κ1) is 31.1. The van der Waals surface area contributed by atoms with Crippen LogP contribution in [0, 0.1) is 6.92 Å². The Bertz CT molecular complexity index is 1710. The van der Waals surface area contributed by atoms with E-state index in [4.69, 9.17) is 9.47 Å². The summed E-state index contributed by atoms with van der Waals surface area (Å²) in [5, 5.41) is 8.53. The van der Waals surface area contributed by atoms with Gasteiger partial charge < -0.3 is 24.2 Å². The molecule has 1 unspecified atom stereocenters. The first-order valence-corrected chi connectivity index (χ1v) is 17.0. The van der Waals surface area contributed by atoms with Gasteiger partial charge in [0.25, 0.3) is 6.43 Å². The molecule has 1 aromatic carbocycles. The van der Waals surface area contributed by atoms with Crippen LogP contribution in [0.15, 0.2) is 48.7 Å². The van der Waals surface area contributed by atoms with E-state index < -0.39 is 12.0 Å². The second-order valence-electron chi connectivity index (χ2n) is 13.6. The number of ether oxygens (including phenoxy) is 2. The minimum atomic E-state index is -2.69. The first-order valence-electron chi connectivity index (χ1n) is 17.0. The van der Waals surface area contributed by atoms with Crippen LogP contribution in [0.1, 0.15) is 72.4 Å². The van der Waals surface area contributed by atoms with Crippen LogP contribution >= 0.6 is 0 Å². The van der Waals surface area contributed by atoms with E-state index >= 15 is 0 Å². The summed E-state index contributed by atoms with van der Waals surface area (Å²) >= 11 is 0. The highest BCUT2D eigenvalue weighted by atomic mass is 19.3. The average Bonchev–Trinajstić information content (AvgIpc) is 3.28. The van der Waals surface area contributed by atoms with Gasteiger partial charge in [-0.05, 0) is 44.2 Å². The normalized spacial score (nSPS) is 24.6. The number of piperazine rings is 1. The van der Waals surface area contributed by atoms with E-state index in [1.807, 2.05) is 55.5 Å². The lowest BCUT2D eigenvalue weighted by atomic mass is 9.83. The monoisotopic (exact) mass is 657 g/mol. The number of benzene rings is 1. The van der Waals surface area contributed by atoms with Gasteiger partial charge in [-0.2, -0.15) is 10.2 Å². The number of alkyl halides is 2. The van der Waals surface area contributed by atoms with Crippen LogP contribution in [0.5, 0.6) is 0 Å². The largest absolute Gasteiger partial charge is 0.445 e. The van der Waals surface area contributed by atoms with Crippen molar-refractivity contribution in [1.29, 1.82) is 0 Å². The fraction of sp³-hybridized carbons (Fsp3) is 0.500. The number of pyridine rings is 1. The number of fused-ring (bicyclic) bond motifs is 5. The second kappa shape index (κ2) is 12.4. The molecule has 8 rings (SSSR count). The van der Waals surface area contributed by atoms with Gasteiger partial charge in [0.1, 0.15) is 24.2 Å². The van der Waals surface area contributed by atoms with Crippen molar-refractivity contribution in [3.05, 3.63) is 82.3 Å². The number of carbonyl (C=O) groups is 1. The van der Waals surface area contributed by atoms with Crippen LogP contribution in [0.3, 0.4) is 0 Å². The average molecular weight is 658 g/mol.